The van der Waals surface area contributed by atoms with Crippen LogP contribution in [-0.4, -0.2) is 40.1 Å². The van der Waals surface area contributed by atoms with Crippen LogP contribution in [0.5, 0.6) is 0 Å². The number of hydrogen-bond donors (Lipinski definition) is 3. The molecule has 7 saturated carbocycles. The fraction of sp³-hybridized carbons (Fsp3) is 0.692. The minimum atomic E-state index is -0.622. The highest BCUT2D eigenvalue weighted by Crippen LogP contribution is 2.61. The topological polar surface area (TPSA) is 105 Å². The van der Waals surface area contributed by atoms with Crippen LogP contribution < -0.4 is 16.0 Å². The van der Waals surface area contributed by atoms with Crippen LogP contribution >= 0.6 is 0 Å². The highest BCUT2D eigenvalue weighted by molar-refractivity contribution is 6.01. The molecular formula is C39H53N5O3. The van der Waals surface area contributed by atoms with Crippen LogP contribution in [0.3, 0.4) is 0 Å². The maximum Gasteiger partial charge on any atom is 0.270 e. The molecule has 252 valence electrons. The molecule has 8 heteroatoms. The second kappa shape index (κ2) is 12.1. The van der Waals surface area contributed by atoms with Crippen LogP contribution in [0.25, 0.3) is 0 Å². The van der Waals surface area contributed by atoms with Gasteiger partial charge in [0.15, 0.2) is 0 Å². The van der Waals surface area contributed by atoms with E-state index in [1.54, 1.807) is 24.0 Å². The molecule has 9 rings (SSSR count). The van der Waals surface area contributed by atoms with Crippen molar-refractivity contribution >= 4 is 23.4 Å². The van der Waals surface area contributed by atoms with Crippen molar-refractivity contribution in [2.75, 3.05) is 11.9 Å². The first-order chi connectivity index (χ1) is 22.7. The van der Waals surface area contributed by atoms with Gasteiger partial charge >= 0.3 is 0 Å². The third-order valence-electron chi connectivity index (χ3n) is 13.7. The molecule has 1 heterocycles. The first-order valence-corrected chi connectivity index (χ1v) is 18.7. The second-order valence-electron chi connectivity index (χ2n) is 16.9. The lowest BCUT2D eigenvalue weighted by Gasteiger charge is -2.57. The maximum absolute atomic E-state index is 14.6. The summed E-state index contributed by atoms with van der Waals surface area (Å²) in [4.78, 5) is 42.2. The van der Waals surface area contributed by atoms with E-state index in [0.717, 1.165) is 62.5 Å². The zero-order valence-electron chi connectivity index (χ0n) is 28.3. The number of carbonyl (C=O) groups is 3. The summed E-state index contributed by atoms with van der Waals surface area (Å²) in [7, 11) is 1.77. The van der Waals surface area contributed by atoms with Crippen LogP contribution in [0.4, 0.5) is 5.69 Å². The van der Waals surface area contributed by atoms with E-state index in [4.69, 9.17) is 0 Å². The molecule has 2 aromatic rings. The van der Waals surface area contributed by atoms with Crippen LogP contribution in [0, 0.1) is 46.8 Å². The Hall–Kier alpha value is -3.16. The molecule has 1 aromatic carbocycles. The molecule has 7 aliphatic rings. The Morgan fingerprint density at radius 1 is 0.936 bits per heavy atom. The Labute approximate surface area is 279 Å². The van der Waals surface area contributed by atoms with Gasteiger partial charge in [-0.25, -0.2) is 0 Å². The van der Waals surface area contributed by atoms with Gasteiger partial charge in [0, 0.05) is 25.5 Å². The van der Waals surface area contributed by atoms with Crippen LogP contribution in [0.15, 0.2) is 36.5 Å². The molecule has 0 aliphatic heterocycles. The Bertz CT molecular complexity index is 1490. The number of rotatable bonds is 11. The molecule has 2 atom stereocenters. The quantitative estimate of drug-likeness (QED) is 0.266. The summed E-state index contributed by atoms with van der Waals surface area (Å²) in [6.07, 6.45) is 17.7. The number of nitrogens with zero attached hydrogens (tertiary/aromatic N) is 2. The number of aromatic nitrogens is 2. The van der Waals surface area contributed by atoms with Gasteiger partial charge in [0.2, 0.25) is 11.8 Å². The van der Waals surface area contributed by atoms with Crippen molar-refractivity contribution in [2.24, 2.45) is 53.9 Å². The monoisotopic (exact) mass is 639 g/mol. The average molecular weight is 640 g/mol. The van der Waals surface area contributed by atoms with Gasteiger partial charge < -0.3 is 16.0 Å². The number of carbonyl (C=O) groups excluding carboxylic acids is 3. The number of nitrogens with one attached hydrogen (secondary N) is 3. The molecule has 3 amide bonds. The number of anilines is 1. The van der Waals surface area contributed by atoms with E-state index in [1.807, 2.05) is 18.2 Å². The summed E-state index contributed by atoms with van der Waals surface area (Å²) in [6, 6.07) is 9.11. The molecule has 0 spiro atoms. The van der Waals surface area contributed by atoms with Gasteiger partial charge in [-0.1, -0.05) is 38.3 Å². The predicted molar refractivity (Wildman–Crippen MR) is 181 cm³/mol. The van der Waals surface area contributed by atoms with Crippen molar-refractivity contribution in [3.05, 3.63) is 47.8 Å². The molecule has 47 heavy (non-hydrogen) atoms. The third kappa shape index (κ3) is 5.82. The van der Waals surface area contributed by atoms with Gasteiger partial charge in [-0.05, 0) is 141 Å². The first-order valence-electron chi connectivity index (χ1n) is 18.7. The van der Waals surface area contributed by atoms with E-state index in [2.05, 4.69) is 34.0 Å². The van der Waals surface area contributed by atoms with Gasteiger partial charge in [0.1, 0.15) is 11.7 Å². The maximum atomic E-state index is 14.6. The molecule has 1 aromatic heterocycles. The minimum absolute atomic E-state index is 0.128. The minimum Gasteiger partial charge on any atom is -0.355 e. The van der Waals surface area contributed by atoms with Crippen molar-refractivity contribution in [1.29, 1.82) is 0 Å². The van der Waals surface area contributed by atoms with E-state index in [0.29, 0.717) is 35.1 Å². The van der Waals surface area contributed by atoms with E-state index in [1.165, 1.54) is 51.4 Å². The lowest BCUT2D eigenvalue weighted by molar-refractivity contribution is -0.127. The molecule has 0 radical (unpaired) electrons. The lowest BCUT2D eigenvalue weighted by Crippen LogP contribution is -2.57. The highest BCUT2D eigenvalue weighted by Gasteiger charge is 2.56. The van der Waals surface area contributed by atoms with Gasteiger partial charge in [-0.15, -0.1) is 0 Å². The predicted octanol–water partition coefficient (Wildman–Crippen LogP) is 6.37. The Morgan fingerprint density at radius 3 is 2.23 bits per heavy atom. The van der Waals surface area contributed by atoms with Gasteiger partial charge in [-0.2, -0.15) is 5.10 Å². The standard InChI is InChI=1S/C39H53N5O3/c1-38(12-6-13-38)23-40-37(47)39(14-3-4-15-39)29-7-5-8-30(22-29)42-36(46)34(43-35(45)31-11-16-41-44(31)2)33(26-9-10-26)32-27-18-24-17-25(20-27)21-28(32)19-24/h5,7-8,11,16,22,24-28,32-34H,3-4,6,9-10,12-15,17-21,23H2,1-2H3,(H,40,47)(H,42,46)(H,43,45). The Balaban J connectivity index is 1.07. The van der Waals surface area contributed by atoms with Crippen molar-refractivity contribution in [1.82, 2.24) is 20.4 Å². The second-order valence-corrected chi connectivity index (χ2v) is 16.9. The van der Waals surface area contributed by atoms with Gasteiger partial charge in [0.25, 0.3) is 5.91 Å². The SMILES string of the molecule is Cn1nccc1C(=O)NC(C(=O)Nc1cccc(C2(C(=O)NCC3(C)CCC3)CCCC2)c1)C(C1CC1)C1C2CC3CC(C2)CC1C3. The van der Waals surface area contributed by atoms with Crippen molar-refractivity contribution in [3.63, 3.8) is 0 Å². The van der Waals surface area contributed by atoms with E-state index in [9.17, 15) is 14.4 Å². The largest absolute Gasteiger partial charge is 0.355 e. The van der Waals surface area contributed by atoms with E-state index >= 15 is 0 Å². The summed E-state index contributed by atoms with van der Waals surface area (Å²) >= 11 is 0. The zero-order valence-corrected chi connectivity index (χ0v) is 28.3. The fourth-order valence-electron chi connectivity index (χ4n) is 11.2. The molecule has 0 saturated heterocycles. The molecular weight excluding hydrogens is 586 g/mol. The van der Waals surface area contributed by atoms with Crippen molar-refractivity contribution in [3.8, 4) is 0 Å². The van der Waals surface area contributed by atoms with E-state index < -0.39 is 11.5 Å². The molecule has 4 bridgehead atoms. The summed E-state index contributed by atoms with van der Waals surface area (Å²) < 4.78 is 1.58. The number of benzene rings is 1. The van der Waals surface area contributed by atoms with Crippen LogP contribution in [0.2, 0.25) is 0 Å². The first kappa shape index (κ1) is 31.1. The third-order valence-corrected chi connectivity index (χ3v) is 13.7. The zero-order chi connectivity index (χ0) is 32.3. The Morgan fingerprint density at radius 2 is 1.64 bits per heavy atom. The summed E-state index contributed by atoms with van der Waals surface area (Å²) in [6.45, 7) is 3.01. The molecule has 2 unspecified atom stereocenters. The van der Waals surface area contributed by atoms with Gasteiger partial charge in [-0.3, -0.25) is 19.1 Å². The summed E-state index contributed by atoms with van der Waals surface area (Å²) in [5, 5.41) is 14.1. The number of hydrogen-bond acceptors (Lipinski definition) is 4. The number of amides is 3. The molecule has 8 nitrogen and oxygen atoms in total. The normalized spacial score (nSPS) is 31.1. The van der Waals surface area contributed by atoms with Gasteiger partial charge in [0.05, 0.1) is 5.41 Å². The van der Waals surface area contributed by atoms with Crippen LogP contribution in [-0.2, 0) is 22.1 Å². The van der Waals surface area contributed by atoms with Crippen LogP contribution in [0.1, 0.15) is 113 Å². The molecule has 3 N–H and O–H groups in total. The van der Waals surface area contributed by atoms with Crippen molar-refractivity contribution in [2.45, 2.75) is 108 Å². The summed E-state index contributed by atoms with van der Waals surface area (Å²) in [5.74, 6) is 3.85. The fourth-order valence-corrected chi connectivity index (χ4v) is 11.2. The lowest BCUT2D eigenvalue weighted by atomic mass is 9.48. The Kier molecular flexibility index (Phi) is 7.99. The van der Waals surface area contributed by atoms with Crippen molar-refractivity contribution < 1.29 is 14.4 Å². The molecule has 7 fully saturated rings. The highest BCUT2D eigenvalue weighted by atomic mass is 16.2. The van der Waals surface area contributed by atoms with E-state index in [-0.39, 0.29) is 29.1 Å². The smallest absolute Gasteiger partial charge is 0.270 e. The molecule has 7 aliphatic carbocycles. The average Bonchev–Trinajstić information content (AvgIpc) is 3.57. The number of aryl methyl sites for hydroxylation is 1. The summed E-state index contributed by atoms with van der Waals surface area (Å²) in [5.41, 5.74) is 1.81.